The minimum absolute atomic E-state index is 0.0688. The third-order valence-corrected chi connectivity index (χ3v) is 5.37. The van der Waals surface area contributed by atoms with E-state index in [4.69, 9.17) is 0 Å². The molecule has 1 aromatic rings. The van der Waals surface area contributed by atoms with Gasteiger partial charge in [-0.2, -0.15) is 4.31 Å². The van der Waals surface area contributed by atoms with Crippen molar-refractivity contribution in [2.24, 2.45) is 5.92 Å². The number of nitrogens with one attached hydrogen (secondary N) is 1. The summed E-state index contributed by atoms with van der Waals surface area (Å²) in [5, 5.41) is 4.15. The number of amides is 2. The number of carbonyl (C=O) groups excluding carboxylic acids is 2. The van der Waals surface area contributed by atoms with Crippen LogP contribution in [0.4, 0.5) is 0 Å². The molecule has 10 heteroatoms. The molecule has 0 bridgehead atoms. The van der Waals surface area contributed by atoms with Gasteiger partial charge in [0, 0.05) is 38.6 Å². The zero-order valence-corrected chi connectivity index (χ0v) is 14.0. The van der Waals surface area contributed by atoms with Crippen molar-refractivity contribution in [3.05, 3.63) is 16.6 Å². The van der Waals surface area contributed by atoms with Gasteiger partial charge in [-0.15, -0.1) is 11.3 Å². The molecule has 1 aromatic heterocycles. The predicted octanol–water partition coefficient (Wildman–Crippen LogP) is -0.777. The lowest BCUT2D eigenvalue weighted by molar-refractivity contribution is -0.124. The zero-order valence-electron chi connectivity index (χ0n) is 12.4. The second-order valence-electron chi connectivity index (χ2n) is 5.06. The molecule has 1 saturated heterocycles. The molecule has 2 heterocycles. The van der Waals surface area contributed by atoms with Gasteiger partial charge in [-0.25, -0.2) is 13.4 Å². The Balaban J connectivity index is 2.23. The van der Waals surface area contributed by atoms with E-state index in [2.05, 4.69) is 10.3 Å². The third kappa shape index (κ3) is 3.81. The fraction of sp³-hybridized carbons (Fsp3) is 0.583. The molecular weight excluding hydrogens is 328 g/mol. The summed E-state index contributed by atoms with van der Waals surface area (Å²) in [5.41, 5.74) is 1.87. The number of hydrogen-bond acceptors (Lipinski definition) is 6. The first kappa shape index (κ1) is 16.8. The second kappa shape index (κ2) is 6.71. The number of hydrogen-bond donors (Lipinski definition) is 1. The van der Waals surface area contributed by atoms with Crippen molar-refractivity contribution in [3.63, 3.8) is 0 Å². The van der Waals surface area contributed by atoms with Crippen LogP contribution in [0.1, 0.15) is 10.5 Å². The van der Waals surface area contributed by atoms with Gasteiger partial charge in [0.2, 0.25) is 15.9 Å². The minimum Gasteiger partial charge on any atom is -0.359 e. The van der Waals surface area contributed by atoms with E-state index in [9.17, 15) is 18.0 Å². The molecule has 2 rings (SSSR count). The molecule has 0 saturated carbocycles. The van der Waals surface area contributed by atoms with Crippen molar-refractivity contribution in [2.75, 3.05) is 39.5 Å². The lowest BCUT2D eigenvalue weighted by atomic mass is 10.1. The van der Waals surface area contributed by atoms with Gasteiger partial charge in [0.05, 0.1) is 17.7 Å². The number of carbonyl (C=O) groups is 2. The highest BCUT2D eigenvalue weighted by molar-refractivity contribution is 7.88. The number of sulfonamides is 1. The molecule has 0 spiro atoms. The average Bonchev–Trinajstić information content (AvgIpc) is 2.89. The SMILES string of the molecule is CNC(=O)[C@H]1CN(C(=O)c2cscn2)CCN(S(C)(=O)=O)C1. The molecule has 22 heavy (non-hydrogen) atoms. The van der Waals surface area contributed by atoms with Crippen LogP contribution in [0, 0.1) is 5.92 Å². The van der Waals surface area contributed by atoms with Crippen molar-refractivity contribution in [1.82, 2.24) is 19.5 Å². The maximum atomic E-state index is 12.4. The first-order valence-electron chi connectivity index (χ1n) is 6.67. The quantitative estimate of drug-likeness (QED) is 0.774. The Kier molecular flexibility index (Phi) is 5.14. The highest BCUT2D eigenvalue weighted by atomic mass is 32.2. The first-order chi connectivity index (χ1) is 10.3. The number of thiazole rings is 1. The van der Waals surface area contributed by atoms with Gasteiger partial charge in [-0.05, 0) is 0 Å². The molecular formula is C12H18N4O4S2. The van der Waals surface area contributed by atoms with E-state index in [1.807, 2.05) is 0 Å². The first-order valence-corrected chi connectivity index (χ1v) is 9.46. The van der Waals surface area contributed by atoms with Crippen LogP contribution < -0.4 is 5.32 Å². The molecule has 1 aliphatic heterocycles. The van der Waals surface area contributed by atoms with Gasteiger partial charge >= 0.3 is 0 Å². The van der Waals surface area contributed by atoms with Gasteiger partial charge in [0.25, 0.3) is 5.91 Å². The van der Waals surface area contributed by atoms with Gasteiger partial charge < -0.3 is 10.2 Å². The van der Waals surface area contributed by atoms with Crippen LogP contribution in [-0.2, 0) is 14.8 Å². The van der Waals surface area contributed by atoms with Crippen LogP contribution in [0.2, 0.25) is 0 Å². The summed E-state index contributed by atoms with van der Waals surface area (Å²) in [4.78, 5) is 29.8. The van der Waals surface area contributed by atoms with Crippen LogP contribution >= 0.6 is 11.3 Å². The van der Waals surface area contributed by atoms with E-state index in [-0.39, 0.29) is 38.0 Å². The van der Waals surface area contributed by atoms with Crippen molar-refractivity contribution >= 4 is 33.2 Å². The number of rotatable bonds is 3. The Morgan fingerprint density at radius 2 is 2.09 bits per heavy atom. The summed E-state index contributed by atoms with van der Waals surface area (Å²) in [6.07, 6.45) is 1.10. The highest BCUT2D eigenvalue weighted by Gasteiger charge is 2.33. The molecule has 0 unspecified atom stereocenters. The van der Waals surface area contributed by atoms with Crippen molar-refractivity contribution < 1.29 is 18.0 Å². The Morgan fingerprint density at radius 3 is 2.64 bits per heavy atom. The fourth-order valence-corrected chi connectivity index (χ4v) is 3.71. The van der Waals surface area contributed by atoms with Crippen molar-refractivity contribution in [2.45, 2.75) is 0 Å². The van der Waals surface area contributed by atoms with Gasteiger partial charge in [0.15, 0.2) is 0 Å². The smallest absolute Gasteiger partial charge is 0.273 e. The summed E-state index contributed by atoms with van der Waals surface area (Å²) in [6.45, 7) is 0.639. The molecule has 1 atom stereocenters. The second-order valence-corrected chi connectivity index (χ2v) is 7.76. The Morgan fingerprint density at radius 1 is 1.36 bits per heavy atom. The van der Waals surface area contributed by atoms with Crippen LogP contribution in [0.15, 0.2) is 10.9 Å². The average molecular weight is 346 g/mol. The van der Waals surface area contributed by atoms with Crippen LogP contribution in [-0.4, -0.2) is 73.9 Å². The summed E-state index contributed by atoms with van der Waals surface area (Å²) >= 11 is 1.31. The van der Waals surface area contributed by atoms with Gasteiger partial charge in [0.1, 0.15) is 5.69 Å². The predicted molar refractivity (Wildman–Crippen MR) is 82.0 cm³/mol. The fourth-order valence-electron chi connectivity index (χ4n) is 2.32. The third-order valence-electron chi connectivity index (χ3n) is 3.51. The minimum atomic E-state index is -3.42. The zero-order chi connectivity index (χ0) is 16.3. The molecule has 0 aliphatic carbocycles. The topological polar surface area (TPSA) is 99.7 Å². The molecule has 1 aliphatic rings. The summed E-state index contributed by atoms with van der Waals surface area (Å²) in [6, 6.07) is 0. The lowest BCUT2D eigenvalue weighted by Gasteiger charge is -2.22. The van der Waals surface area contributed by atoms with Gasteiger partial charge in [-0.1, -0.05) is 0 Å². The summed E-state index contributed by atoms with van der Waals surface area (Å²) in [7, 11) is -1.93. The highest BCUT2D eigenvalue weighted by Crippen LogP contribution is 2.15. The maximum absolute atomic E-state index is 12.4. The lowest BCUT2D eigenvalue weighted by Crippen LogP contribution is -2.42. The Bertz CT molecular complexity index is 644. The molecule has 122 valence electrons. The molecule has 1 fully saturated rings. The van der Waals surface area contributed by atoms with Crippen LogP contribution in [0.5, 0.6) is 0 Å². The van der Waals surface area contributed by atoms with E-state index >= 15 is 0 Å². The van der Waals surface area contributed by atoms with E-state index in [0.717, 1.165) is 6.26 Å². The van der Waals surface area contributed by atoms with Crippen molar-refractivity contribution in [3.8, 4) is 0 Å². The van der Waals surface area contributed by atoms with Crippen LogP contribution in [0.25, 0.3) is 0 Å². The normalized spacial score (nSPS) is 20.5. The van der Waals surface area contributed by atoms with Crippen molar-refractivity contribution in [1.29, 1.82) is 0 Å². The molecule has 0 radical (unpaired) electrons. The number of nitrogens with zero attached hydrogens (tertiary/aromatic N) is 3. The number of aromatic nitrogens is 1. The molecule has 2 amide bonds. The maximum Gasteiger partial charge on any atom is 0.273 e. The van der Waals surface area contributed by atoms with E-state index in [0.29, 0.717) is 5.69 Å². The van der Waals surface area contributed by atoms with Crippen LogP contribution in [0.3, 0.4) is 0 Å². The molecule has 0 aromatic carbocycles. The monoisotopic (exact) mass is 346 g/mol. The molecule has 1 N–H and O–H groups in total. The van der Waals surface area contributed by atoms with E-state index in [1.54, 1.807) is 10.9 Å². The van der Waals surface area contributed by atoms with E-state index < -0.39 is 15.9 Å². The summed E-state index contributed by atoms with van der Waals surface area (Å²) < 4.78 is 24.8. The molecule has 8 nitrogen and oxygen atoms in total. The Hall–Kier alpha value is -1.52. The Labute approximate surface area is 133 Å². The van der Waals surface area contributed by atoms with Gasteiger partial charge in [-0.3, -0.25) is 9.59 Å². The summed E-state index contributed by atoms with van der Waals surface area (Å²) in [5.74, 6) is -1.18. The largest absolute Gasteiger partial charge is 0.359 e. The standard InChI is InChI=1S/C12H18N4O4S2/c1-13-11(17)9-5-15(12(18)10-7-21-8-14-10)3-4-16(6-9)22(2,19)20/h7-9H,3-6H2,1-2H3,(H,13,17)/t9-/m0/s1. The van der Waals surface area contributed by atoms with E-state index in [1.165, 1.54) is 27.6 Å².